The fourth-order valence-electron chi connectivity index (χ4n) is 2.83. The molecule has 206 valence electrons. The van der Waals surface area contributed by atoms with Crippen molar-refractivity contribution in [2.24, 2.45) is 10.8 Å². The number of anilines is 1. The van der Waals surface area contributed by atoms with E-state index < -0.39 is 62.5 Å². The lowest BCUT2D eigenvalue weighted by Crippen LogP contribution is -2.29. The van der Waals surface area contributed by atoms with E-state index in [1.807, 2.05) is 0 Å². The average molecular weight is 545 g/mol. The minimum absolute atomic E-state index is 0.0508. The summed E-state index contributed by atoms with van der Waals surface area (Å²) in [5.74, 6) is 1.15. The Kier molecular flexibility index (Phi) is 10.2. The standard InChI is InChI=1S/C23H34N3O10P/c1-8-15-11-26(21(29)25-18(15)24)17-10-9-16(36-17)12-33-37(30,34-13-31-19(27)22(2,3)4)35-14-32-20(28)23(5,6)7/h1,11,16-17,30H,9-10,12-14H2,2-7H3,(H-,24,25,29)/p+1. The van der Waals surface area contributed by atoms with Crippen LogP contribution in [0.15, 0.2) is 11.0 Å². The highest BCUT2D eigenvalue weighted by atomic mass is 31.2. The minimum atomic E-state index is -4.12. The number of hydrogen-bond acceptors (Lipinski definition) is 12. The predicted octanol–water partition coefficient (Wildman–Crippen LogP) is 2.30. The van der Waals surface area contributed by atoms with Gasteiger partial charge in [-0.05, 0) is 54.4 Å². The Bertz CT molecular complexity index is 1040. The fourth-order valence-corrected chi connectivity index (χ4v) is 3.78. The van der Waals surface area contributed by atoms with Gasteiger partial charge in [0, 0.05) is 6.20 Å². The van der Waals surface area contributed by atoms with Crippen LogP contribution < -0.4 is 11.4 Å². The molecule has 1 saturated heterocycles. The molecule has 1 fully saturated rings. The first-order valence-electron chi connectivity index (χ1n) is 11.5. The summed E-state index contributed by atoms with van der Waals surface area (Å²) in [4.78, 5) is 50.8. The van der Waals surface area contributed by atoms with E-state index in [-0.39, 0.29) is 18.0 Å². The van der Waals surface area contributed by atoms with Crippen LogP contribution in [-0.2, 0) is 37.4 Å². The van der Waals surface area contributed by atoms with Crippen molar-refractivity contribution in [2.45, 2.75) is 66.7 Å². The van der Waals surface area contributed by atoms with Crippen LogP contribution in [0.2, 0.25) is 0 Å². The number of esters is 2. The Morgan fingerprint density at radius 2 is 1.68 bits per heavy atom. The highest BCUT2D eigenvalue weighted by Crippen LogP contribution is 2.58. The molecule has 13 nitrogen and oxygen atoms in total. The SMILES string of the molecule is C#Cc1cn(C2CCC(CO[P+](O)(OCOC(=O)C(C)(C)C)OCOC(=O)C(C)(C)C)O2)c(=O)nc1N. The lowest BCUT2D eigenvalue weighted by atomic mass is 9.98. The van der Waals surface area contributed by atoms with Crippen molar-refractivity contribution in [1.82, 2.24) is 9.55 Å². The molecule has 1 aliphatic heterocycles. The van der Waals surface area contributed by atoms with Crippen LogP contribution in [0.5, 0.6) is 0 Å². The Labute approximate surface area is 216 Å². The van der Waals surface area contributed by atoms with Gasteiger partial charge >= 0.3 is 25.8 Å². The van der Waals surface area contributed by atoms with Crippen LogP contribution in [0.25, 0.3) is 0 Å². The minimum Gasteiger partial charge on any atom is -0.433 e. The first-order valence-corrected chi connectivity index (χ1v) is 13.0. The van der Waals surface area contributed by atoms with E-state index in [0.717, 1.165) is 0 Å². The molecule has 0 amide bonds. The molecule has 0 aromatic carbocycles. The normalized spacial score (nSPS) is 18.3. The van der Waals surface area contributed by atoms with Crippen molar-refractivity contribution in [3.8, 4) is 12.3 Å². The summed E-state index contributed by atoms with van der Waals surface area (Å²) in [5.41, 5.74) is 3.67. The molecule has 1 aromatic rings. The summed E-state index contributed by atoms with van der Waals surface area (Å²) in [5, 5.41) is 0. The van der Waals surface area contributed by atoms with Crippen molar-refractivity contribution < 1.29 is 42.3 Å². The van der Waals surface area contributed by atoms with Gasteiger partial charge in [-0.1, -0.05) is 5.92 Å². The number of rotatable bonds is 10. The Morgan fingerprint density at radius 3 is 2.16 bits per heavy atom. The second kappa shape index (κ2) is 12.3. The van der Waals surface area contributed by atoms with Crippen LogP contribution in [0.1, 0.15) is 66.2 Å². The van der Waals surface area contributed by atoms with Crippen LogP contribution >= 0.6 is 8.17 Å². The molecule has 0 saturated carbocycles. The number of nitrogens with zero attached hydrogens (tertiary/aromatic N) is 2. The summed E-state index contributed by atoms with van der Waals surface area (Å²) in [6.45, 7) is 8.37. The molecule has 1 aromatic heterocycles. The molecule has 3 N–H and O–H groups in total. The maximum atomic E-state index is 12.2. The van der Waals surface area contributed by atoms with Gasteiger partial charge in [-0.2, -0.15) is 14.4 Å². The third kappa shape index (κ3) is 9.03. The van der Waals surface area contributed by atoms with Gasteiger partial charge in [0.15, 0.2) is 0 Å². The van der Waals surface area contributed by atoms with Crippen LogP contribution in [0, 0.1) is 23.2 Å². The summed E-state index contributed by atoms with van der Waals surface area (Å²) in [7, 11) is -4.12. The van der Waals surface area contributed by atoms with Crippen molar-refractivity contribution >= 4 is 25.9 Å². The fraction of sp³-hybridized carbons (Fsp3) is 0.652. The molecule has 14 heteroatoms. The van der Waals surface area contributed by atoms with Crippen LogP contribution in [0.4, 0.5) is 5.82 Å². The maximum Gasteiger partial charge on any atom is 0.579 e. The topological polar surface area (TPSA) is 171 Å². The van der Waals surface area contributed by atoms with Crippen molar-refractivity contribution in [1.29, 1.82) is 0 Å². The Morgan fingerprint density at radius 1 is 1.14 bits per heavy atom. The van der Waals surface area contributed by atoms with Crippen molar-refractivity contribution in [3.63, 3.8) is 0 Å². The van der Waals surface area contributed by atoms with Gasteiger partial charge in [0.2, 0.25) is 13.6 Å². The molecule has 0 aliphatic carbocycles. The number of terminal acetylenes is 1. The second-order valence-electron chi connectivity index (χ2n) is 10.3. The number of nitrogens with two attached hydrogens (primary N) is 1. The zero-order valence-corrected chi connectivity index (χ0v) is 22.8. The molecule has 37 heavy (non-hydrogen) atoms. The average Bonchev–Trinajstić information content (AvgIpc) is 3.25. The zero-order chi connectivity index (χ0) is 28.0. The molecule has 0 bridgehead atoms. The van der Waals surface area contributed by atoms with Gasteiger partial charge in [-0.25, -0.2) is 4.79 Å². The number of hydrogen-bond donors (Lipinski definition) is 2. The first kappa shape index (κ1) is 30.6. The molecule has 2 atom stereocenters. The van der Waals surface area contributed by atoms with E-state index in [0.29, 0.717) is 12.8 Å². The number of nitrogen functional groups attached to an aromatic ring is 1. The summed E-state index contributed by atoms with van der Waals surface area (Å²) < 4.78 is 33.0. The molecule has 0 radical (unpaired) electrons. The van der Waals surface area contributed by atoms with Gasteiger partial charge < -0.3 is 19.9 Å². The molecule has 0 spiro atoms. The number of aromatic nitrogens is 2. The quantitative estimate of drug-likeness (QED) is 0.191. The Hall–Kier alpha value is -2.59. The molecule has 2 heterocycles. The van der Waals surface area contributed by atoms with Gasteiger partial charge in [0.05, 0.1) is 22.5 Å². The molecular weight excluding hydrogens is 509 g/mol. The monoisotopic (exact) mass is 544 g/mol. The third-order valence-electron chi connectivity index (χ3n) is 4.99. The van der Waals surface area contributed by atoms with Crippen LogP contribution in [-0.4, -0.2) is 52.7 Å². The van der Waals surface area contributed by atoms with Gasteiger partial charge in [-0.15, -0.1) is 15.5 Å². The Balaban J connectivity index is 2.02. The predicted molar refractivity (Wildman–Crippen MR) is 132 cm³/mol. The second-order valence-corrected chi connectivity index (χ2v) is 12.0. The lowest BCUT2D eigenvalue weighted by molar-refractivity contribution is -0.165. The molecule has 1 aliphatic rings. The van der Waals surface area contributed by atoms with E-state index in [2.05, 4.69) is 10.9 Å². The van der Waals surface area contributed by atoms with E-state index >= 15 is 0 Å². The number of carbonyl (C=O) groups is 2. The molecule has 2 unspecified atom stereocenters. The largest absolute Gasteiger partial charge is 0.579 e. The lowest BCUT2D eigenvalue weighted by Gasteiger charge is -2.20. The summed E-state index contributed by atoms with van der Waals surface area (Å²) >= 11 is 0. The first-order chi connectivity index (χ1) is 17.1. The van der Waals surface area contributed by atoms with Gasteiger partial charge in [0.1, 0.15) is 18.7 Å². The van der Waals surface area contributed by atoms with E-state index in [9.17, 15) is 19.3 Å². The van der Waals surface area contributed by atoms with E-state index in [1.54, 1.807) is 41.5 Å². The molecule has 2 rings (SSSR count). The van der Waals surface area contributed by atoms with Crippen LogP contribution in [0.3, 0.4) is 0 Å². The smallest absolute Gasteiger partial charge is 0.433 e. The highest BCUT2D eigenvalue weighted by Gasteiger charge is 2.48. The van der Waals surface area contributed by atoms with Gasteiger partial charge in [0.25, 0.3) is 0 Å². The van der Waals surface area contributed by atoms with E-state index in [4.69, 9.17) is 39.9 Å². The summed E-state index contributed by atoms with van der Waals surface area (Å²) in [6, 6.07) is 0. The number of ether oxygens (including phenoxy) is 3. The highest BCUT2D eigenvalue weighted by molar-refractivity contribution is 7.55. The maximum absolute atomic E-state index is 12.2. The summed E-state index contributed by atoms with van der Waals surface area (Å²) in [6.07, 6.45) is 6.40. The number of carbonyl (C=O) groups excluding carboxylic acids is 2. The van der Waals surface area contributed by atoms with Crippen molar-refractivity contribution in [2.75, 3.05) is 25.9 Å². The van der Waals surface area contributed by atoms with E-state index in [1.165, 1.54) is 10.8 Å². The van der Waals surface area contributed by atoms with Gasteiger partial charge in [-0.3, -0.25) is 14.2 Å². The third-order valence-corrected chi connectivity index (χ3v) is 6.33. The zero-order valence-electron chi connectivity index (χ0n) is 21.9. The van der Waals surface area contributed by atoms with Crippen molar-refractivity contribution in [3.05, 3.63) is 22.2 Å². The molecular formula is C23H35N3O10P+.